The van der Waals surface area contributed by atoms with Crippen LogP contribution in [0.25, 0.3) is 0 Å². The first-order valence-electron chi connectivity index (χ1n) is 6.16. The minimum absolute atomic E-state index is 0.0917. The van der Waals surface area contributed by atoms with Crippen molar-refractivity contribution in [1.82, 2.24) is 5.32 Å². The lowest BCUT2D eigenvalue weighted by molar-refractivity contribution is -0.137. The van der Waals surface area contributed by atoms with Crippen molar-refractivity contribution in [2.24, 2.45) is 0 Å². The van der Waals surface area contributed by atoms with E-state index in [4.69, 9.17) is 16.7 Å². The number of carboxylic acids is 1. The van der Waals surface area contributed by atoms with Crippen LogP contribution in [-0.2, 0) is 4.79 Å². The highest BCUT2D eigenvalue weighted by Crippen LogP contribution is 2.25. The Bertz CT molecular complexity index is 497. The molecule has 7 heteroatoms. The number of benzene rings is 1. The van der Waals surface area contributed by atoms with E-state index in [0.29, 0.717) is 21.6 Å². The third-order valence-corrected chi connectivity index (χ3v) is 3.78. The summed E-state index contributed by atoms with van der Waals surface area (Å²) in [6, 6.07) is 4.18. The van der Waals surface area contributed by atoms with Gasteiger partial charge in [0.25, 0.3) is 0 Å². The van der Waals surface area contributed by atoms with Crippen LogP contribution in [0, 0.1) is 0 Å². The number of carbonyl (C=O) groups is 2. The van der Waals surface area contributed by atoms with Gasteiger partial charge in [0.1, 0.15) is 0 Å². The SMILES string of the molecule is CCCC(CC(=O)O)NC(=O)Nc1ccc(Cl)c(Br)c1. The normalized spacial score (nSPS) is 11.8. The third-order valence-electron chi connectivity index (χ3n) is 2.57. The molecule has 0 radical (unpaired) electrons. The fraction of sp³-hybridized carbons (Fsp3) is 0.385. The Kier molecular flexibility index (Phi) is 6.81. The molecule has 0 saturated carbocycles. The van der Waals surface area contributed by atoms with Crippen molar-refractivity contribution >= 4 is 45.2 Å². The molecule has 0 aromatic heterocycles. The second-order valence-corrected chi connectivity index (χ2v) is 5.57. The molecule has 0 heterocycles. The molecule has 0 aliphatic carbocycles. The molecule has 1 unspecified atom stereocenters. The number of aliphatic carboxylic acids is 1. The summed E-state index contributed by atoms with van der Waals surface area (Å²) in [6.45, 7) is 1.94. The molecule has 1 atom stereocenters. The maximum Gasteiger partial charge on any atom is 0.319 e. The summed E-state index contributed by atoms with van der Waals surface area (Å²) in [5.41, 5.74) is 0.573. The smallest absolute Gasteiger partial charge is 0.319 e. The number of hydrogen-bond donors (Lipinski definition) is 3. The molecule has 0 spiro atoms. The molecule has 5 nitrogen and oxygen atoms in total. The van der Waals surface area contributed by atoms with E-state index in [1.807, 2.05) is 6.92 Å². The molecule has 0 fully saturated rings. The lowest BCUT2D eigenvalue weighted by Crippen LogP contribution is -2.39. The first-order chi connectivity index (χ1) is 9.42. The highest BCUT2D eigenvalue weighted by molar-refractivity contribution is 9.10. The standard InChI is InChI=1S/C13H16BrClN2O3/c1-2-3-8(7-12(18)19)16-13(20)17-9-4-5-11(15)10(14)6-9/h4-6,8H,2-3,7H2,1H3,(H,18,19)(H2,16,17,20). The second-order valence-electron chi connectivity index (χ2n) is 4.31. The predicted molar refractivity (Wildman–Crippen MR) is 82.3 cm³/mol. The Hall–Kier alpha value is -1.27. The lowest BCUT2D eigenvalue weighted by Gasteiger charge is -2.16. The summed E-state index contributed by atoms with van der Waals surface area (Å²) in [4.78, 5) is 22.5. The average molecular weight is 364 g/mol. The summed E-state index contributed by atoms with van der Waals surface area (Å²) < 4.78 is 0.674. The minimum Gasteiger partial charge on any atom is -0.481 e. The Morgan fingerprint density at radius 1 is 1.45 bits per heavy atom. The fourth-order valence-electron chi connectivity index (χ4n) is 1.71. The topological polar surface area (TPSA) is 78.4 Å². The van der Waals surface area contributed by atoms with Gasteiger partial charge < -0.3 is 15.7 Å². The van der Waals surface area contributed by atoms with Crippen molar-refractivity contribution in [3.05, 3.63) is 27.7 Å². The molecule has 20 heavy (non-hydrogen) atoms. The molecule has 0 saturated heterocycles. The Balaban J connectivity index is 2.60. The molecule has 3 N–H and O–H groups in total. The quantitative estimate of drug-likeness (QED) is 0.718. The number of hydrogen-bond acceptors (Lipinski definition) is 2. The van der Waals surface area contributed by atoms with Crippen LogP contribution in [0.3, 0.4) is 0 Å². The molecular formula is C13H16BrClN2O3. The number of rotatable bonds is 6. The van der Waals surface area contributed by atoms with Crippen molar-refractivity contribution in [3.63, 3.8) is 0 Å². The van der Waals surface area contributed by atoms with Crippen molar-refractivity contribution < 1.29 is 14.7 Å². The van der Waals surface area contributed by atoms with Gasteiger partial charge >= 0.3 is 12.0 Å². The van der Waals surface area contributed by atoms with Gasteiger partial charge in [-0.2, -0.15) is 0 Å². The number of halogens is 2. The van der Waals surface area contributed by atoms with Gasteiger partial charge in [0, 0.05) is 16.2 Å². The van der Waals surface area contributed by atoms with E-state index in [9.17, 15) is 9.59 Å². The zero-order valence-electron chi connectivity index (χ0n) is 11.0. The van der Waals surface area contributed by atoms with E-state index in [1.54, 1.807) is 18.2 Å². The Morgan fingerprint density at radius 2 is 2.15 bits per heavy atom. The van der Waals surface area contributed by atoms with E-state index >= 15 is 0 Å². The molecule has 0 bridgehead atoms. The van der Waals surface area contributed by atoms with E-state index in [-0.39, 0.29) is 12.5 Å². The molecule has 1 aromatic rings. The monoisotopic (exact) mass is 362 g/mol. The summed E-state index contributed by atoms with van der Waals surface area (Å²) in [5, 5.41) is 14.6. The Morgan fingerprint density at radius 3 is 2.70 bits per heavy atom. The van der Waals surface area contributed by atoms with Gasteiger partial charge in [0.05, 0.1) is 11.4 Å². The third kappa shape index (κ3) is 5.79. The van der Waals surface area contributed by atoms with Gasteiger partial charge in [-0.05, 0) is 40.5 Å². The maximum atomic E-state index is 11.8. The van der Waals surface area contributed by atoms with Crippen molar-refractivity contribution in [2.45, 2.75) is 32.2 Å². The molecule has 1 rings (SSSR count). The Labute approximate surface area is 130 Å². The fourth-order valence-corrected chi connectivity index (χ4v) is 2.21. The highest BCUT2D eigenvalue weighted by atomic mass is 79.9. The molecule has 0 aliphatic heterocycles. The predicted octanol–water partition coefficient (Wildman–Crippen LogP) is 3.87. The van der Waals surface area contributed by atoms with E-state index in [0.717, 1.165) is 6.42 Å². The van der Waals surface area contributed by atoms with Gasteiger partial charge in [0.15, 0.2) is 0 Å². The van der Waals surface area contributed by atoms with Gasteiger partial charge in [0.2, 0.25) is 0 Å². The molecular weight excluding hydrogens is 348 g/mol. The number of amides is 2. The number of carboxylic acid groups (broad SMARTS) is 1. The van der Waals surface area contributed by atoms with Crippen LogP contribution in [0.4, 0.5) is 10.5 Å². The summed E-state index contributed by atoms with van der Waals surface area (Å²) in [7, 11) is 0. The maximum absolute atomic E-state index is 11.8. The average Bonchev–Trinajstić information content (AvgIpc) is 2.33. The molecule has 1 aromatic carbocycles. The van der Waals surface area contributed by atoms with Gasteiger partial charge in [-0.3, -0.25) is 4.79 Å². The summed E-state index contributed by atoms with van der Waals surface area (Å²) in [5.74, 6) is -0.932. The number of carbonyl (C=O) groups excluding carboxylic acids is 1. The molecule has 0 aliphatic rings. The van der Waals surface area contributed by atoms with E-state index in [1.165, 1.54) is 0 Å². The first kappa shape index (κ1) is 16.8. The molecule has 2 amide bonds. The number of anilines is 1. The lowest BCUT2D eigenvalue weighted by atomic mass is 10.1. The van der Waals surface area contributed by atoms with Crippen LogP contribution < -0.4 is 10.6 Å². The summed E-state index contributed by atoms with van der Waals surface area (Å²) >= 11 is 9.12. The second kappa shape index (κ2) is 8.11. The largest absolute Gasteiger partial charge is 0.481 e. The number of nitrogens with one attached hydrogen (secondary N) is 2. The van der Waals surface area contributed by atoms with Crippen LogP contribution in [0.15, 0.2) is 22.7 Å². The zero-order valence-corrected chi connectivity index (χ0v) is 13.3. The van der Waals surface area contributed by atoms with Crippen LogP contribution in [0.5, 0.6) is 0 Å². The van der Waals surface area contributed by atoms with Crippen LogP contribution >= 0.6 is 27.5 Å². The highest BCUT2D eigenvalue weighted by Gasteiger charge is 2.15. The van der Waals surface area contributed by atoms with Crippen LogP contribution in [0.1, 0.15) is 26.2 Å². The van der Waals surface area contributed by atoms with Crippen molar-refractivity contribution in [2.75, 3.05) is 5.32 Å². The van der Waals surface area contributed by atoms with E-state index in [2.05, 4.69) is 26.6 Å². The van der Waals surface area contributed by atoms with Gasteiger partial charge in [-0.15, -0.1) is 0 Å². The minimum atomic E-state index is -0.932. The van der Waals surface area contributed by atoms with Crippen LogP contribution in [-0.4, -0.2) is 23.1 Å². The van der Waals surface area contributed by atoms with E-state index < -0.39 is 12.0 Å². The van der Waals surface area contributed by atoms with Crippen molar-refractivity contribution in [1.29, 1.82) is 0 Å². The van der Waals surface area contributed by atoms with Gasteiger partial charge in [-0.25, -0.2) is 4.79 Å². The summed E-state index contributed by atoms with van der Waals surface area (Å²) in [6.07, 6.45) is 1.32. The first-order valence-corrected chi connectivity index (χ1v) is 7.33. The zero-order chi connectivity index (χ0) is 15.1. The van der Waals surface area contributed by atoms with Crippen molar-refractivity contribution in [3.8, 4) is 0 Å². The molecule has 110 valence electrons. The van der Waals surface area contributed by atoms with Gasteiger partial charge in [-0.1, -0.05) is 24.9 Å². The number of urea groups is 1. The van der Waals surface area contributed by atoms with Crippen LogP contribution in [0.2, 0.25) is 5.02 Å².